The van der Waals surface area contributed by atoms with Crippen molar-refractivity contribution in [3.8, 4) is 6.07 Å². The van der Waals surface area contributed by atoms with Gasteiger partial charge in [0.25, 0.3) is 0 Å². The van der Waals surface area contributed by atoms with E-state index in [9.17, 15) is 15.2 Å². The van der Waals surface area contributed by atoms with Gasteiger partial charge in [0.15, 0.2) is 0 Å². The second kappa shape index (κ2) is 10.8. The van der Waals surface area contributed by atoms with E-state index in [0.717, 1.165) is 70.4 Å². The van der Waals surface area contributed by atoms with Crippen molar-refractivity contribution < 1.29 is 9.90 Å². The molecule has 6 heteroatoms. The number of carbonyl (C=O) groups is 1. The number of hydrogen-bond acceptors (Lipinski definition) is 5. The molecular weight excluding hydrogens is 376 g/mol. The third-order valence-electron chi connectivity index (χ3n) is 7.04. The highest BCUT2D eigenvalue weighted by Crippen LogP contribution is 2.35. The van der Waals surface area contributed by atoms with Crippen LogP contribution in [0.2, 0.25) is 0 Å². The van der Waals surface area contributed by atoms with Crippen LogP contribution < -0.4 is 10.6 Å². The van der Waals surface area contributed by atoms with Crippen molar-refractivity contribution in [3.05, 3.63) is 29.8 Å². The number of nitrogens with two attached hydrogens (primary N) is 1. The summed E-state index contributed by atoms with van der Waals surface area (Å²) >= 11 is 0. The Kier molecular flexibility index (Phi) is 8.12. The van der Waals surface area contributed by atoms with Crippen LogP contribution in [0.3, 0.4) is 0 Å². The van der Waals surface area contributed by atoms with E-state index in [1.807, 2.05) is 19.1 Å². The Bertz CT molecular complexity index is 731. The van der Waals surface area contributed by atoms with Crippen molar-refractivity contribution in [2.75, 3.05) is 37.6 Å². The zero-order valence-electron chi connectivity index (χ0n) is 18.2. The minimum absolute atomic E-state index is 0.147. The quantitative estimate of drug-likeness (QED) is 0.684. The van der Waals surface area contributed by atoms with Gasteiger partial charge in [-0.1, -0.05) is 31.9 Å². The highest BCUT2D eigenvalue weighted by molar-refractivity contribution is 5.79. The third kappa shape index (κ3) is 5.74. The van der Waals surface area contributed by atoms with Crippen LogP contribution >= 0.6 is 0 Å². The Morgan fingerprint density at radius 2 is 1.93 bits per heavy atom. The van der Waals surface area contributed by atoms with Gasteiger partial charge >= 0.3 is 0 Å². The summed E-state index contributed by atoms with van der Waals surface area (Å²) in [4.78, 5) is 16.4. The number of hydrogen-bond donors (Lipinski definition) is 2. The van der Waals surface area contributed by atoms with Gasteiger partial charge in [-0.3, -0.25) is 9.69 Å². The van der Waals surface area contributed by atoms with Crippen LogP contribution in [0, 0.1) is 29.1 Å². The molecule has 1 saturated heterocycles. The molecule has 2 atom stereocenters. The largest absolute Gasteiger partial charge is 0.388 e. The van der Waals surface area contributed by atoms with Gasteiger partial charge in [0.2, 0.25) is 5.91 Å². The van der Waals surface area contributed by atoms with E-state index in [1.54, 1.807) is 0 Å². The first kappa shape index (κ1) is 22.6. The van der Waals surface area contributed by atoms with Crippen LogP contribution in [0.1, 0.15) is 57.1 Å². The lowest BCUT2D eigenvalue weighted by atomic mass is 9.75. The number of amides is 1. The number of anilines is 1. The lowest BCUT2D eigenvalue weighted by Crippen LogP contribution is -2.47. The van der Waals surface area contributed by atoms with Crippen LogP contribution in [0.25, 0.3) is 0 Å². The number of nitriles is 1. The topological polar surface area (TPSA) is 93.6 Å². The van der Waals surface area contributed by atoms with Gasteiger partial charge in [0.05, 0.1) is 12.2 Å². The van der Waals surface area contributed by atoms with Gasteiger partial charge in [0, 0.05) is 31.9 Å². The average molecular weight is 413 g/mol. The summed E-state index contributed by atoms with van der Waals surface area (Å²) < 4.78 is 0. The van der Waals surface area contributed by atoms with E-state index >= 15 is 0 Å². The van der Waals surface area contributed by atoms with Crippen LogP contribution in [-0.4, -0.2) is 48.6 Å². The average Bonchev–Trinajstić information content (AvgIpc) is 2.78. The number of benzene rings is 1. The molecule has 0 bridgehead atoms. The highest BCUT2D eigenvalue weighted by atomic mass is 16.3. The summed E-state index contributed by atoms with van der Waals surface area (Å²) in [6.45, 7) is 7.28. The second-order valence-corrected chi connectivity index (χ2v) is 8.93. The standard InChI is InChI=1S/C24H36N4O2/c1-2-23(29)20-4-3-5-21(16-20)28-14-12-27(13-15-28)11-10-18-6-8-19(9-7-18)22(17-25)24(26)30/h3-5,16,18-19,22-23,29H,2,6-15H2,1H3,(H2,26,30). The first-order valence-electron chi connectivity index (χ1n) is 11.5. The molecule has 2 fully saturated rings. The first-order chi connectivity index (χ1) is 14.5. The van der Waals surface area contributed by atoms with Crippen LogP contribution in [0.15, 0.2) is 24.3 Å². The minimum atomic E-state index is -0.615. The van der Waals surface area contributed by atoms with Crippen molar-refractivity contribution >= 4 is 11.6 Å². The summed E-state index contributed by atoms with van der Waals surface area (Å²) in [5.74, 6) is -0.238. The van der Waals surface area contributed by atoms with E-state index < -0.39 is 11.8 Å². The summed E-state index contributed by atoms with van der Waals surface area (Å²) in [5, 5.41) is 19.3. The molecule has 3 rings (SSSR count). The Hall–Kier alpha value is -2.10. The summed E-state index contributed by atoms with van der Waals surface area (Å²) in [5.41, 5.74) is 7.58. The normalized spacial score (nSPS) is 24.8. The highest BCUT2D eigenvalue weighted by Gasteiger charge is 2.31. The van der Waals surface area contributed by atoms with Crippen molar-refractivity contribution in [3.63, 3.8) is 0 Å². The fourth-order valence-electron chi connectivity index (χ4n) is 4.97. The molecule has 1 aliphatic carbocycles. The van der Waals surface area contributed by atoms with Gasteiger partial charge in [-0.15, -0.1) is 0 Å². The number of piperazine rings is 1. The third-order valence-corrected chi connectivity index (χ3v) is 7.04. The number of aliphatic hydroxyl groups is 1. The number of nitrogens with zero attached hydrogens (tertiary/aromatic N) is 3. The molecule has 1 heterocycles. The van der Waals surface area contributed by atoms with Gasteiger partial charge in [-0.25, -0.2) is 0 Å². The monoisotopic (exact) mass is 412 g/mol. The van der Waals surface area contributed by atoms with E-state index in [1.165, 1.54) is 12.1 Å². The Morgan fingerprint density at radius 3 is 2.53 bits per heavy atom. The Labute approximate surface area is 180 Å². The summed E-state index contributed by atoms with van der Waals surface area (Å²) in [6.07, 6.45) is 5.63. The molecule has 2 unspecified atom stereocenters. The predicted molar refractivity (Wildman–Crippen MR) is 119 cm³/mol. The lowest BCUT2D eigenvalue weighted by Gasteiger charge is -2.37. The molecule has 30 heavy (non-hydrogen) atoms. The molecule has 1 aromatic rings. The van der Waals surface area contributed by atoms with Crippen LogP contribution in [0.4, 0.5) is 5.69 Å². The summed E-state index contributed by atoms with van der Waals surface area (Å²) in [7, 11) is 0. The van der Waals surface area contributed by atoms with Gasteiger partial charge in [0.1, 0.15) is 5.92 Å². The van der Waals surface area contributed by atoms with E-state index in [-0.39, 0.29) is 12.0 Å². The van der Waals surface area contributed by atoms with Crippen molar-refractivity contribution in [1.29, 1.82) is 5.26 Å². The minimum Gasteiger partial charge on any atom is -0.388 e. The smallest absolute Gasteiger partial charge is 0.235 e. The molecule has 0 spiro atoms. The Morgan fingerprint density at radius 1 is 1.23 bits per heavy atom. The van der Waals surface area contributed by atoms with E-state index in [0.29, 0.717) is 5.92 Å². The van der Waals surface area contributed by atoms with Crippen molar-refractivity contribution in [2.45, 2.75) is 51.6 Å². The molecule has 0 radical (unpaired) electrons. The fourth-order valence-corrected chi connectivity index (χ4v) is 4.97. The zero-order valence-corrected chi connectivity index (χ0v) is 18.2. The predicted octanol–water partition coefficient (Wildman–Crippen LogP) is 3.07. The number of carbonyl (C=O) groups excluding carboxylic acids is 1. The van der Waals surface area contributed by atoms with E-state index in [2.05, 4.69) is 28.0 Å². The second-order valence-electron chi connectivity index (χ2n) is 8.93. The molecule has 164 valence electrons. The molecular formula is C24H36N4O2. The van der Waals surface area contributed by atoms with Gasteiger partial charge in [-0.05, 0) is 61.8 Å². The van der Waals surface area contributed by atoms with E-state index in [4.69, 9.17) is 5.73 Å². The zero-order chi connectivity index (χ0) is 21.5. The molecule has 1 amide bonds. The number of aliphatic hydroxyl groups excluding tert-OH is 1. The maximum atomic E-state index is 11.4. The van der Waals surface area contributed by atoms with Crippen LogP contribution in [0.5, 0.6) is 0 Å². The first-order valence-corrected chi connectivity index (χ1v) is 11.5. The maximum Gasteiger partial charge on any atom is 0.235 e. The summed E-state index contributed by atoms with van der Waals surface area (Å²) in [6, 6.07) is 10.4. The molecule has 0 aromatic heterocycles. The fraction of sp³-hybridized carbons (Fsp3) is 0.667. The Balaban J connectivity index is 1.40. The molecule has 3 N–H and O–H groups in total. The molecule has 1 aliphatic heterocycles. The molecule has 1 saturated carbocycles. The number of primary amides is 1. The van der Waals surface area contributed by atoms with Crippen molar-refractivity contribution in [2.24, 2.45) is 23.5 Å². The van der Waals surface area contributed by atoms with Gasteiger partial charge < -0.3 is 15.7 Å². The SMILES string of the molecule is CCC(O)c1cccc(N2CCN(CCC3CCC(C(C#N)C(N)=O)CC3)CC2)c1. The van der Waals surface area contributed by atoms with Crippen molar-refractivity contribution in [1.82, 2.24) is 4.90 Å². The molecule has 1 aromatic carbocycles. The number of rotatable bonds is 8. The maximum absolute atomic E-state index is 11.4. The van der Waals surface area contributed by atoms with Crippen LogP contribution in [-0.2, 0) is 4.79 Å². The van der Waals surface area contributed by atoms with Gasteiger partial charge in [-0.2, -0.15) is 5.26 Å². The molecule has 6 nitrogen and oxygen atoms in total. The lowest BCUT2D eigenvalue weighted by molar-refractivity contribution is -0.122. The molecule has 2 aliphatic rings.